The molecule has 104 valence electrons. The number of anilines is 1. The molecule has 1 aromatic rings. The normalized spacial score (nSPS) is 11.3. The molecule has 18 heavy (non-hydrogen) atoms. The maximum absolute atomic E-state index is 10.2. The van der Waals surface area contributed by atoms with Gasteiger partial charge in [-0.3, -0.25) is 13.8 Å². The fourth-order valence-corrected chi connectivity index (χ4v) is 1.54. The topological polar surface area (TPSA) is 147 Å². The van der Waals surface area contributed by atoms with E-state index in [2.05, 4.69) is 0 Å². The lowest BCUT2D eigenvalue weighted by Gasteiger charge is -1.99. The van der Waals surface area contributed by atoms with Gasteiger partial charge in [0.15, 0.2) is 0 Å². The predicted molar refractivity (Wildman–Crippen MR) is 67.1 cm³/mol. The molecule has 0 unspecified atom stereocenters. The van der Waals surface area contributed by atoms with E-state index in [0.717, 1.165) is 0 Å². The average molecular weight is 298 g/mol. The van der Waals surface area contributed by atoms with Crippen molar-refractivity contribution in [3.8, 4) is 0 Å². The molecule has 0 aliphatic carbocycles. The Morgan fingerprint density at radius 2 is 1.56 bits per heavy atom. The number of benzene rings is 1. The van der Waals surface area contributed by atoms with E-state index >= 15 is 0 Å². The standard InChI is InChI=1S/C6H7NO3S.C2H7NO3S/c8-11(9,10)7-6-4-2-1-3-5-6;3-1-2-7(4,5)6/h1-5,7H,(H,8,9,10);1-3H2,(H,4,5,6). The summed E-state index contributed by atoms with van der Waals surface area (Å²) in [5.41, 5.74) is 5.12. The third-order valence-electron chi connectivity index (χ3n) is 1.40. The van der Waals surface area contributed by atoms with E-state index in [-0.39, 0.29) is 12.3 Å². The molecule has 1 rings (SSSR count). The third kappa shape index (κ3) is 11.3. The first-order chi connectivity index (χ1) is 8.14. The van der Waals surface area contributed by atoms with Gasteiger partial charge < -0.3 is 5.73 Å². The molecule has 0 aliphatic heterocycles. The summed E-state index contributed by atoms with van der Waals surface area (Å²) in [6.07, 6.45) is 0. The van der Waals surface area contributed by atoms with Gasteiger partial charge in [0.2, 0.25) is 0 Å². The Hall–Kier alpha value is -1.20. The second kappa shape index (κ2) is 7.28. The smallest absolute Gasteiger partial charge is 0.329 e. The van der Waals surface area contributed by atoms with Gasteiger partial charge in [-0.2, -0.15) is 16.8 Å². The van der Waals surface area contributed by atoms with Gasteiger partial charge in [-0.1, -0.05) is 18.2 Å². The van der Waals surface area contributed by atoms with Crippen LogP contribution in [0.25, 0.3) is 0 Å². The molecule has 0 saturated carbocycles. The summed E-state index contributed by atoms with van der Waals surface area (Å²) >= 11 is 0. The highest BCUT2D eigenvalue weighted by atomic mass is 32.2. The lowest BCUT2D eigenvalue weighted by atomic mass is 10.3. The van der Waals surface area contributed by atoms with Gasteiger partial charge in [0.1, 0.15) is 0 Å². The van der Waals surface area contributed by atoms with Crippen molar-refractivity contribution in [2.45, 2.75) is 0 Å². The molecule has 0 heterocycles. The van der Waals surface area contributed by atoms with E-state index in [1.165, 1.54) is 12.1 Å². The monoisotopic (exact) mass is 298 g/mol. The van der Waals surface area contributed by atoms with Crippen molar-refractivity contribution in [3.05, 3.63) is 30.3 Å². The van der Waals surface area contributed by atoms with Crippen molar-refractivity contribution in [2.24, 2.45) is 5.73 Å². The van der Waals surface area contributed by atoms with E-state index in [4.69, 9.17) is 14.8 Å². The molecule has 0 aliphatic rings. The predicted octanol–water partition coefficient (Wildman–Crippen LogP) is -0.266. The third-order valence-corrected chi connectivity index (χ3v) is 2.64. The number of hydrogen-bond acceptors (Lipinski definition) is 5. The lowest BCUT2D eigenvalue weighted by Crippen LogP contribution is -2.13. The minimum absolute atomic E-state index is 0.0289. The fourth-order valence-electron chi connectivity index (χ4n) is 0.804. The molecular weight excluding hydrogens is 284 g/mol. The van der Waals surface area contributed by atoms with Gasteiger partial charge >= 0.3 is 10.3 Å². The molecule has 10 heteroatoms. The van der Waals surface area contributed by atoms with Crippen molar-refractivity contribution >= 4 is 26.1 Å². The van der Waals surface area contributed by atoms with Crippen LogP contribution in [-0.4, -0.2) is 38.2 Å². The minimum Gasteiger partial charge on any atom is -0.329 e. The molecule has 1 aromatic carbocycles. The van der Waals surface area contributed by atoms with Crippen LogP contribution in [0.5, 0.6) is 0 Å². The molecule has 0 bridgehead atoms. The number of nitrogens with two attached hydrogens (primary N) is 1. The molecule has 8 nitrogen and oxygen atoms in total. The molecule has 0 aromatic heterocycles. The van der Waals surface area contributed by atoms with Gasteiger partial charge in [-0.15, -0.1) is 0 Å². The number of hydrogen-bond donors (Lipinski definition) is 4. The molecular formula is C8H14N2O6S2. The van der Waals surface area contributed by atoms with E-state index in [0.29, 0.717) is 5.69 Å². The van der Waals surface area contributed by atoms with Gasteiger partial charge in [-0.25, -0.2) is 0 Å². The fraction of sp³-hybridized carbons (Fsp3) is 0.250. The van der Waals surface area contributed by atoms with Crippen molar-refractivity contribution in [2.75, 3.05) is 17.0 Å². The second-order valence-electron chi connectivity index (χ2n) is 3.02. The average Bonchev–Trinajstić information content (AvgIpc) is 2.15. The van der Waals surface area contributed by atoms with Crippen LogP contribution in [0, 0.1) is 0 Å². The molecule has 0 spiro atoms. The Kier molecular flexibility index (Phi) is 6.80. The Morgan fingerprint density at radius 1 is 1.06 bits per heavy atom. The van der Waals surface area contributed by atoms with Gasteiger partial charge in [0.05, 0.1) is 11.4 Å². The first-order valence-electron chi connectivity index (χ1n) is 4.59. The molecule has 0 fully saturated rings. The highest BCUT2D eigenvalue weighted by Crippen LogP contribution is 2.05. The summed E-state index contributed by atoms with van der Waals surface area (Å²) in [6.45, 7) is -0.0289. The van der Waals surface area contributed by atoms with E-state index in [9.17, 15) is 16.8 Å². The van der Waals surface area contributed by atoms with E-state index in [1.54, 1.807) is 18.2 Å². The molecule has 0 atom stereocenters. The van der Waals surface area contributed by atoms with Crippen LogP contribution in [0.4, 0.5) is 5.69 Å². The van der Waals surface area contributed by atoms with Gasteiger partial charge in [0, 0.05) is 6.54 Å². The zero-order valence-electron chi connectivity index (χ0n) is 9.22. The molecule has 0 radical (unpaired) electrons. The number of para-hydroxylation sites is 1. The quantitative estimate of drug-likeness (QED) is 0.559. The van der Waals surface area contributed by atoms with Crippen molar-refractivity contribution < 1.29 is 25.9 Å². The number of rotatable bonds is 4. The van der Waals surface area contributed by atoms with Crippen molar-refractivity contribution in [1.29, 1.82) is 0 Å². The molecule has 0 saturated heterocycles. The summed E-state index contributed by atoms with van der Waals surface area (Å²) < 4.78 is 58.1. The number of nitrogens with one attached hydrogen (secondary N) is 1. The van der Waals surface area contributed by atoms with Gasteiger partial charge in [0.25, 0.3) is 10.1 Å². The van der Waals surface area contributed by atoms with Gasteiger partial charge in [-0.05, 0) is 12.1 Å². The van der Waals surface area contributed by atoms with Crippen LogP contribution < -0.4 is 10.5 Å². The van der Waals surface area contributed by atoms with E-state index < -0.39 is 20.4 Å². The summed E-state index contributed by atoms with van der Waals surface area (Å²) in [5, 5.41) is 0. The first kappa shape index (κ1) is 16.8. The van der Waals surface area contributed by atoms with Crippen LogP contribution in [0.1, 0.15) is 0 Å². The SMILES string of the molecule is NCCS(=O)(=O)O.O=S(=O)(O)Nc1ccccc1. The Balaban J connectivity index is 0.000000360. The van der Waals surface area contributed by atoms with Crippen LogP contribution in [0.15, 0.2) is 30.3 Å². The molecule has 0 amide bonds. The highest BCUT2D eigenvalue weighted by Gasteiger charge is 2.01. The molecule has 5 N–H and O–H groups in total. The van der Waals surface area contributed by atoms with E-state index in [1.807, 2.05) is 4.72 Å². The van der Waals surface area contributed by atoms with Crippen molar-refractivity contribution in [1.82, 2.24) is 0 Å². The largest absolute Gasteiger partial charge is 0.357 e. The van der Waals surface area contributed by atoms with Crippen LogP contribution >= 0.6 is 0 Å². The Morgan fingerprint density at radius 3 is 1.83 bits per heavy atom. The minimum atomic E-state index is -4.13. The van der Waals surface area contributed by atoms with Crippen LogP contribution in [-0.2, 0) is 20.4 Å². The van der Waals surface area contributed by atoms with Crippen LogP contribution in [0.3, 0.4) is 0 Å². The highest BCUT2D eigenvalue weighted by molar-refractivity contribution is 7.87. The maximum Gasteiger partial charge on any atom is 0.357 e. The Bertz CT molecular complexity index is 540. The first-order valence-corrected chi connectivity index (χ1v) is 7.64. The van der Waals surface area contributed by atoms with Crippen molar-refractivity contribution in [3.63, 3.8) is 0 Å². The van der Waals surface area contributed by atoms with Crippen LogP contribution in [0.2, 0.25) is 0 Å². The zero-order valence-corrected chi connectivity index (χ0v) is 10.9. The summed E-state index contributed by atoms with van der Waals surface area (Å²) in [4.78, 5) is 0. The summed E-state index contributed by atoms with van der Waals surface area (Å²) in [5.74, 6) is -0.354. The maximum atomic E-state index is 10.2. The summed E-state index contributed by atoms with van der Waals surface area (Å²) in [7, 11) is -7.93. The zero-order chi connectivity index (χ0) is 14.2. The Labute approximate surface area is 105 Å². The lowest BCUT2D eigenvalue weighted by molar-refractivity contribution is 0.482. The summed E-state index contributed by atoms with van der Waals surface area (Å²) in [6, 6.07) is 8.14. The second-order valence-corrected chi connectivity index (χ2v) is 5.74.